The van der Waals surface area contributed by atoms with Crippen molar-refractivity contribution in [3.05, 3.63) is 65.7 Å². The van der Waals surface area contributed by atoms with Gasteiger partial charge in [-0.05, 0) is 42.8 Å². The molecule has 0 aliphatic rings. The van der Waals surface area contributed by atoms with Crippen LogP contribution in [-0.2, 0) is 0 Å². The van der Waals surface area contributed by atoms with Crippen LogP contribution in [-0.4, -0.2) is 14.5 Å². The molecule has 116 valence electrons. The lowest BCUT2D eigenvalue weighted by Gasteiger charge is -2.13. The number of nitriles is 1. The number of anilines is 2. The van der Waals surface area contributed by atoms with Crippen LogP contribution in [0, 0.1) is 18.3 Å². The number of hydrogen-bond acceptors (Lipinski definition) is 4. The zero-order chi connectivity index (χ0) is 16.7. The fourth-order valence-electron chi connectivity index (χ4n) is 2.90. The van der Waals surface area contributed by atoms with Gasteiger partial charge in [0.15, 0.2) is 5.65 Å². The second-order valence-corrected chi connectivity index (χ2v) is 5.60. The summed E-state index contributed by atoms with van der Waals surface area (Å²) >= 11 is 0. The Hall–Kier alpha value is -3.52. The largest absolute Gasteiger partial charge is 0.506 e. The first-order valence-electron chi connectivity index (χ1n) is 7.55. The number of hydrogen-bond donors (Lipinski definition) is 2. The molecule has 2 aromatic heterocycles. The minimum Gasteiger partial charge on any atom is -0.506 e. The van der Waals surface area contributed by atoms with Crippen LogP contribution in [0.2, 0.25) is 0 Å². The third kappa shape index (κ3) is 2.05. The highest BCUT2D eigenvalue weighted by molar-refractivity contribution is 5.86. The van der Waals surface area contributed by atoms with Crippen LogP contribution < -0.4 is 5.32 Å². The molecule has 0 radical (unpaired) electrons. The second kappa shape index (κ2) is 5.28. The van der Waals surface area contributed by atoms with E-state index in [0.29, 0.717) is 16.9 Å². The van der Waals surface area contributed by atoms with E-state index in [1.54, 1.807) is 18.2 Å². The van der Waals surface area contributed by atoms with Crippen LogP contribution in [0.1, 0.15) is 11.1 Å². The van der Waals surface area contributed by atoms with Gasteiger partial charge in [0.1, 0.15) is 17.6 Å². The SMILES string of the molecule is Cc1cc(Nc2ccccc2O)n2c(nc3ccccc32)c1C#N. The van der Waals surface area contributed by atoms with Gasteiger partial charge < -0.3 is 10.4 Å². The van der Waals surface area contributed by atoms with Gasteiger partial charge >= 0.3 is 0 Å². The lowest BCUT2D eigenvalue weighted by Crippen LogP contribution is -2.02. The summed E-state index contributed by atoms with van der Waals surface area (Å²) in [5.74, 6) is 0.911. The van der Waals surface area contributed by atoms with E-state index in [2.05, 4.69) is 16.4 Å². The molecular formula is C19H14N4O. The standard InChI is InChI=1S/C19H14N4O/c1-12-10-18(21-15-7-3-5-9-17(15)24)23-16-8-4-2-6-14(16)22-19(23)13(12)11-20/h2-10,21,24H,1H3. The summed E-state index contributed by atoms with van der Waals surface area (Å²) in [4.78, 5) is 4.61. The second-order valence-electron chi connectivity index (χ2n) is 5.60. The Morgan fingerprint density at radius 2 is 1.88 bits per heavy atom. The quantitative estimate of drug-likeness (QED) is 0.546. The summed E-state index contributed by atoms with van der Waals surface area (Å²) in [6.07, 6.45) is 0. The first kappa shape index (κ1) is 14.1. The molecule has 2 N–H and O–H groups in total. The normalized spacial score (nSPS) is 10.8. The molecule has 0 fully saturated rings. The number of phenols is 1. The molecule has 24 heavy (non-hydrogen) atoms. The third-order valence-corrected chi connectivity index (χ3v) is 4.05. The minimum atomic E-state index is 0.164. The summed E-state index contributed by atoms with van der Waals surface area (Å²) in [7, 11) is 0. The van der Waals surface area contributed by atoms with E-state index in [1.165, 1.54) is 0 Å². The van der Waals surface area contributed by atoms with E-state index in [0.717, 1.165) is 22.4 Å². The van der Waals surface area contributed by atoms with Gasteiger partial charge in [-0.2, -0.15) is 5.26 Å². The molecule has 0 atom stereocenters. The van der Waals surface area contributed by atoms with E-state index in [-0.39, 0.29) is 5.75 Å². The topological polar surface area (TPSA) is 73.3 Å². The van der Waals surface area contributed by atoms with E-state index in [1.807, 2.05) is 47.7 Å². The number of fused-ring (bicyclic) bond motifs is 3. The molecule has 0 unspecified atom stereocenters. The lowest BCUT2D eigenvalue weighted by atomic mass is 10.1. The summed E-state index contributed by atoms with van der Waals surface area (Å²) in [5, 5.41) is 22.8. The molecule has 0 aliphatic carbocycles. The van der Waals surface area contributed by atoms with Crippen molar-refractivity contribution in [3.63, 3.8) is 0 Å². The maximum absolute atomic E-state index is 10.0. The maximum atomic E-state index is 10.0. The molecule has 0 saturated heterocycles. The van der Waals surface area contributed by atoms with Gasteiger partial charge in [0.2, 0.25) is 0 Å². The van der Waals surface area contributed by atoms with Crippen molar-refractivity contribution in [2.45, 2.75) is 6.92 Å². The van der Waals surface area contributed by atoms with Gasteiger partial charge in [0.25, 0.3) is 0 Å². The first-order chi connectivity index (χ1) is 11.7. The molecular weight excluding hydrogens is 300 g/mol. The van der Waals surface area contributed by atoms with Crippen LogP contribution >= 0.6 is 0 Å². The fourth-order valence-corrected chi connectivity index (χ4v) is 2.90. The van der Waals surface area contributed by atoms with E-state index in [4.69, 9.17) is 0 Å². The summed E-state index contributed by atoms with van der Waals surface area (Å²) in [6.45, 7) is 1.88. The van der Waals surface area contributed by atoms with Crippen LogP contribution in [0.5, 0.6) is 5.75 Å². The molecule has 2 aromatic carbocycles. The van der Waals surface area contributed by atoms with Gasteiger partial charge in [-0.3, -0.25) is 4.40 Å². The first-order valence-corrected chi connectivity index (χ1v) is 7.55. The molecule has 0 amide bonds. The molecule has 2 heterocycles. The number of nitrogens with one attached hydrogen (secondary N) is 1. The van der Waals surface area contributed by atoms with Crippen molar-refractivity contribution in [2.24, 2.45) is 0 Å². The number of aromatic hydroxyl groups is 1. The van der Waals surface area contributed by atoms with Gasteiger partial charge in [0, 0.05) is 0 Å². The molecule has 5 heteroatoms. The molecule has 4 aromatic rings. The van der Waals surface area contributed by atoms with Crippen molar-refractivity contribution >= 4 is 28.2 Å². The summed E-state index contributed by atoms with van der Waals surface area (Å²) in [5.41, 5.74) is 4.31. The van der Waals surface area contributed by atoms with Crippen molar-refractivity contribution in [1.82, 2.24) is 9.38 Å². The van der Waals surface area contributed by atoms with Crippen LogP contribution in [0.15, 0.2) is 54.6 Å². The van der Waals surface area contributed by atoms with Crippen LogP contribution in [0.25, 0.3) is 16.7 Å². The Bertz CT molecular complexity index is 1120. The lowest BCUT2D eigenvalue weighted by molar-refractivity contribution is 0.477. The monoisotopic (exact) mass is 314 g/mol. The molecule has 0 aliphatic heterocycles. The Morgan fingerprint density at radius 1 is 1.12 bits per heavy atom. The maximum Gasteiger partial charge on any atom is 0.157 e. The number of phenolic OH excluding ortho intramolecular Hbond substituents is 1. The Kier molecular flexibility index (Phi) is 3.10. The number of nitrogens with zero attached hydrogens (tertiary/aromatic N) is 3. The Morgan fingerprint density at radius 3 is 2.67 bits per heavy atom. The average molecular weight is 314 g/mol. The van der Waals surface area contributed by atoms with Crippen molar-refractivity contribution in [2.75, 3.05) is 5.32 Å². The summed E-state index contributed by atoms with van der Waals surface area (Å²) < 4.78 is 1.91. The zero-order valence-electron chi connectivity index (χ0n) is 13.0. The smallest absolute Gasteiger partial charge is 0.157 e. The predicted molar refractivity (Wildman–Crippen MR) is 93.5 cm³/mol. The number of aromatic nitrogens is 2. The molecule has 5 nitrogen and oxygen atoms in total. The minimum absolute atomic E-state index is 0.164. The van der Waals surface area contributed by atoms with Crippen molar-refractivity contribution in [1.29, 1.82) is 5.26 Å². The van der Waals surface area contributed by atoms with Crippen LogP contribution in [0.3, 0.4) is 0 Å². The molecule has 0 bridgehead atoms. The molecule has 0 saturated carbocycles. The van der Waals surface area contributed by atoms with E-state index in [9.17, 15) is 10.4 Å². The Balaban J connectivity index is 2.05. The molecule has 0 spiro atoms. The number of pyridine rings is 1. The highest BCUT2D eigenvalue weighted by atomic mass is 16.3. The number of aryl methyl sites for hydroxylation is 1. The van der Waals surface area contributed by atoms with E-state index >= 15 is 0 Å². The Labute approximate surface area is 138 Å². The number of rotatable bonds is 2. The fraction of sp³-hybridized carbons (Fsp3) is 0.0526. The van der Waals surface area contributed by atoms with Crippen molar-refractivity contribution < 1.29 is 5.11 Å². The van der Waals surface area contributed by atoms with Gasteiger partial charge in [-0.25, -0.2) is 4.98 Å². The number of para-hydroxylation sites is 4. The molecule has 4 rings (SSSR count). The van der Waals surface area contributed by atoms with Crippen molar-refractivity contribution in [3.8, 4) is 11.8 Å². The number of benzene rings is 2. The zero-order valence-corrected chi connectivity index (χ0v) is 13.0. The summed E-state index contributed by atoms with van der Waals surface area (Å²) in [6, 6.07) is 18.9. The highest BCUT2D eigenvalue weighted by Gasteiger charge is 2.15. The predicted octanol–water partition coefficient (Wildman–Crippen LogP) is 4.12. The van der Waals surface area contributed by atoms with Crippen LogP contribution in [0.4, 0.5) is 11.5 Å². The van der Waals surface area contributed by atoms with E-state index < -0.39 is 0 Å². The van der Waals surface area contributed by atoms with Gasteiger partial charge in [0.05, 0.1) is 22.3 Å². The highest BCUT2D eigenvalue weighted by Crippen LogP contribution is 2.31. The average Bonchev–Trinajstić information content (AvgIpc) is 2.96. The third-order valence-electron chi connectivity index (χ3n) is 4.05. The van der Waals surface area contributed by atoms with Gasteiger partial charge in [-0.15, -0.1) is 0 Å². The van der Waals surface area contributed by atoms with Gasteiger partial charge in [-0.1, -0.05) is 24.3 Å². The number of imidazole rings is 1.